The van der Waals surface area contributed by atoms with Gasteiger partial charge in [-0.25, -0.2) is 0 Å². The molecule has 1 aromatic carbocycles. The van der Waals surface area contributed by atoms with Crippen molar-refractivity contribution in [2.24, 2.45) is 11.8 Å². The number of rotatable bonds is 4. The topological polar surface area (TPSA) is 59.2 Å². The van der Waals surface area contributed by atoms with Gasteiger partial charge in [-0.05, 0) is 30.4 Å². The lowest BCUT2D eigenvalue weighted by Crippen LogP contribution is -2.43. The highest BCUT2D eigenvalue weighted by atomic mass is 35.5. The van der Waals surface area contributed by atoms with Gasteiger partial charge < -0.3 is 9.32 Å². The summed E-state index contributed by atoms with van der Waals surface area (Å²) in [6.45, 7) is 6.05. The zero-order chi connectivity index (χ0) is 17.1. The second kappa shape index (κ2) is 7.57. The Morgan fingerprint density at radius 2 is 2.00 bits per heavy atom. The Morgan fingerprint density at radius 3 is 2.71 bits per heavy atom. The molecule has 0 saturated carbocycles. The van der Waals surface area contributed by atoms with Crippen LogP contribution in [0.15, 0.2) is 33.9 Å². The van der Waals surface area contributed by atoms with Crippen LogP contribution in [-0.2, 0) is 4.79 Å². The summed E-state index contributed by atoms with van der Waals surface area (Å²) in [4.78, 5) is 14.3. The molecule has 0 bridgehead atoms. The minimum Gasteiger partial charge on any atom is -0.411 e. The summed E-state index contributed by atoms with van der Waals surface area (Å²) < 4.78 is 5.62. The molecule has 0 aliphatic carbocycles. The molecule has 2 heterocycles. The molecular weight excluding hydrogens is 346 g/mol. The van der Waals surface area contributed by atoms with Gasteiger partial charge in [0.1, 0.15) is 0 Å². The fourth-order valence-electron chi connectivity index (χ4n) is 3.09. The van der Waals surface area contributed by atoms with Gasteiger partial charge in [0, 0.05) is 13.1 Å². The van der Waals surface area contributed by atoms with E-state index in [-0.39, 0.29) is 5.91 Å². The lowest BCUT2D eigenvalue weighted by Gasteiger charge is -2.34. The van der Waals surface area contributed by atoms with Crippen molar-refractivity contribution in [1.82, 2.24) is 15.1 Å². The smallest absolute Gasteiger partial charge is 0.277 e. The Bertz CT molecular complexity index is 711. The number of hydrogen-bond donors (Lipinski definition) is 0. The predicted octanol–water partition coefficient (Wildman–Crippen LogP) is 3.99. The Labute approximate surface area is 150 Å². The largest absolute Gasteiger partial charge is 0.411 e. The van der Waals surface area contributed by atoms with Gasteiger partial charge in [0.15, 0.2) is 0 Å². The normalized spacial score (nSPS) is 21.0. The summed E-state index contributed by atoms with van der Waals surface area (Å²) in [5.74, 6) is 1.91. The first kappa shape index (κ1) is 17.3. The van der Waals surface area contributed by atoms with Gasteiger partial charge in [-0.3, -0.25) is 4.79 Å². The summed E-state index contributed by atoms with van der Waals surface area (Å²) in [6.07, 6.45) is 1.18. The highest BCUT2D eigenvalue weighted by Crippen LogP contribution is 2.29. The molecule has 2 atom stereocenters. The number of thioether (sulfide) groups is 1. The molecule has 128 valence electrons. The number of carbonyl (C=O) groups is 1. The molecule has 24 heavy (non-hydrogen) atoms. The van der Waals surface area contributed by atoms with Crippen LogP contribution in [0.2, 0.25) is 5.02 Å². The van der Waals surface area contributed by atoms with Gasteiger partial charge in [0.25, 0.3) is 5.22 Å². The van der Waals surface area contributed by atoms with Crippen LogP contribution in [-0.4, -0.2) is 39.8 Å². The highest BCUT2D eigenvalue weighted by Gasteiger charge is 2.25. The van der Waals surface area contributed by atoms with E-state index in [1.54, 1.807) is 6.07 Å². The van der Waals surface area contributed by atoms with Gasteiger partial charge in [-0.2, -0.15) is 0 Å². The molecule has 1 aliphatic heterocycles. The highest BCUT2D eigenvalue weighted by molar-refractivity contribution is 7.99. The first-order chi connectivity index (χ1) is 11.5. The van der Waals surface area contributed by atoms with Crippen molar-refractivity contribution in [2.75, 3.05) is 18.8 Å². The van der Waals surface area contributed by atoms with Crippen LogP contribution in [0.1, 0.15) is 20.3 Å². The van der Waals surface area contributed by atoms with Gasteiger partial charge in [-0.15, -0.1) is 10.2 Å². The van der Waals surface area contributed by atoms with E-state index in [1.807, 2.05) is 23.1 Å². The van der Waals surface area contributed by atoms with Crippen molar-refractivity contribution in [3.05, 3.63) is 29.3 Å². The molecule has 1 fully saturated rings. The van der Waals surface area contributed by atoms with Crippen molar-refractivity contribution < 1.29 is 9.21 Å². The molecule has 1 amide bonds. The quantitative estimate of drug-likeness (QED) is 0.767. The van der Waals surface area contributed by atoms with E-state index in [2.05, 4.69) is 24.0 Å². The van der Waals surface area contributed by atoms with Crippen LogP contribution in [0, 0.1) is 11.8 Å². The summed E-state index contributed by atoms with van der Waals surface area (Å²) in [6, 6.07) is 7.31. The average molecular weight is 366 g/mol. The van der Waals surface area contributed by atoms with Crippen molar-refractivity contribution in [3.8, 4) is 11.5 Å². The molecule has 0 unspecified atom stereocenters. The lowest BCUT2D eigenvalue weighted by atomic mass is 9.92. The maximum absolute atomic E-state index is 12.4. The SMILES string of the molecule is C[C@@H]1C[C@H](C)CN(C(=O)CSc2nnc(-c3ccccc3Cl)o2)C1. The van der Waals surface area contributed by atoms with E-state index in [4.69, 9.17) is 16.0 Å². The van der Waals surface area contributed by atoms with Crippen molar-refractivity contribution in [1.29, 1.82) is 0 Å². The minimum atomic E-state index is 0.121. The van der Waals surface area contributed by atoms with E-state index in [1.165, 1.54) is 18.2 Å². The predicted molar refractivity (Wildman–Crippen MR) is 95.0 cm³/mol. The van der Waals surface area contributed by atoms with Crippen LogP contribution >= 0.6 is 23.4 Å². The van der Waals surface area contributed by atoms with Crippen LogP contribution in [0.25, 0.3) is 11.5 Å². The maximum atomic E-state index is 12.4. The summed E-state index contributed by atoms with van der Waals surface area (Å²) in [5, 5.41) is 8.96. The Morgan fingerprint density at radius 1 is 1.29 bits per heavy atom. The van der Waals surface area contributed by atoms with Crippen molar-refractivity contribution in [3.63, 3.8) is 0 Å². The van der Waals surface area contributed by atoms with Gasteiger partial charge >= 0.3 is 0 Å². The van der Waals surface area contributed by atoms with E-state index in [9.17, 15) is 4.79 Å². The number of amides is 1. The molecular formula is C17H20ClN3O2S. The number of hydrogen-bond acceptors (Lipinski definition) is 5. The van der Waals surface area contributed by atoms with Crippen LogP contribution in [0.3, 0.4) is 0 Å². The summed E-state index contributed by atoms with van der Waals surface area (Å²) >= 11 is 7.40. The summed E-state index contributed by atoms with van der Waals surface area (Å²) in [7, 11) is 0. The Kier molecular flexibility index (Phi) is 5.46. The number of benzene rings is 1. The number of likely N-dealkylation sites (tertiary alicyclic amines) is 1. The van der Waals surface area contributed by atoms with E-state index >= 15 is 0 Å². The Hall–Kier alpha value is -1.53. The molecule has 1 saturated heterocycles. The van der Waals surface area contributed by atoms with E-state index in [0.717, 1.165) is 13.1 Å². The third kappa shape index (κ3) is 4.11. The second-order valence-corrected chi connectivity index (χ2v) is 7.72. The zero-order valence-corrected chi connectivity index (χ0v) is 15.3. The van der Waals surface area contributed by atoms with Crippen LogP contribution < -0.4 is 0 Å². The number of carbonyl (C=O) groups excluding carboxylic acids is 1. The number of halogens is 1. The molecule has 7 heteroatoms. The maximum Gasteiger partial charge on any atom is 0.277 e. The van der Waals surface area contributed by atoms with Crippen LogP contribution in [0.5, 0.6) is 0 Å². The number of nitrogens with zero attached hydrogens (tertiary/aromatic N) is 3. The lowest BCUT2D eigenvalue weighted by molar-refractivity contribution is -0.130. The molecule has 1 aromatic heterocycles. The monoisotopic (exact) mass is 365 g/mol. The van der Waals surface area contributed by atoms with E-state index < -0.39 is 0 Å². The van der Waals surface area contributed by atoms with Crippen molar-refractivity contribution in [2.45, 2.75) is 25.5 Å². The number of aromatic nitrogens is 2. The average Bonchev–Trinajstić information content (AvgIpc) is 3.01. The number of piperidine rings is 1. The molecule has 0 radical (unpaired) electrons. The second-order valence-electron chi connectivity index (χ2n) is 6.39. The Balaban J connectivity index is 1.59. The third-order valence-electron chi connectivity index (χ3n) is 4.05. The minimum absolute atomic E-state index is 0.121. The van der Waals surface area contributed by atoms with Gasteiger partial charge in [0.2, 0.25) is 11.8 Å². The van der Waals surface area contributed by atoms with Gasteiger partial charge in [-0.1, -0.05) is 49.3 Å². The first-order valence-electron chi connectivity index (χ1n) is 8.02. The van der Waals surface area contributed by atoms with Crippen molar-refractivity contribution >= 4 is 29.3 Å². The molecule has 5 nitrogen and oxygen atoms in total. The fraction of sp³-hybridized carbons (Fsp3) is 0.471. The fourth-order valence-corrected chi connectivity index (χ4v) is 3.98. The zero-order valence-electron chi connectivity index (χ0n) is 13.7. The van der Waals surface area contributed by atoms with E-state index in [0.29, 0.717) is 39.3 Å². The third-order valence-corrected chi connectivity index (χ3v) is 5.18. The molecule has 0 spiro atoms. The molecule has 2 aromatic rings. The molecule has 1 aliphatic rings. The van der Waals surface area contributed by atoms with Crippen LogP contribution in [0.4, 0.5) is 0 Å². The molecule has 0 N–H and O–H groups in total. The molecule has 3 rings (SSSR count). The standard InChI is InChI=1S/C17H20ClN3O2S/c1-11-7-12(2)9-21(8-11)15(22)10-24-17-20-19-16(23-17)13-5-3-4-6-14(13)18/h3-6,11-12H,7-10H2,1-2H3/t11-,12+. The first-order valence-corrected chi connectivity index (χ1v) is 9.38. The van der Waals surface area contributed by atoms with Gasteiger partial charge in [0.05, 0.1) is 16.3 Å². The summed E-state index contributed by atoms with van der Waals surface area (Å²) in [5.41, 5.74) is 0.698.